The van der Waals surface area contributed by atoms with Crippen molar-refractivity contribution in [1.29, 1.82) is 0 Å². The van der Waals surface area contributed by atoms with Gasteiger partial charge in [0.1, 0.15) is 11.5 Å². The third-order valence-electron chi connectivity index (χ3n) is 3.52. The van der Waals surface area contributed by atoms with Crippen molar-refractivity contribution < 1.29 is 24.2 Å². The van der Waals surface area contributed by atoms with Gasteiger partial charge in [-0.2, -0.15) is 0 Å². The topological polar surface area (TPSA) is 72.8 Å². The minimum absolute atomic E-state index is 0.0639. The van der Waals surface area contributed by atoms with Gasteiger partial charge in [-0.15, -0.1) is 0 Å². The zero-order valence-electron chi connectivity index (χ0n) is 11.7. The zero-order chi connectivity index (χ0) is 15.5. The number of carboxylic acid groups (broad SMARTS) is 1. The predicted molar refractivity (Wildman–Crippen MR) is 78.1 cm³/mol. The lowest BCUT2D eigenvalue weighted by Crippen LogP contribution is -2.21. The van der Waals surface area contributed by atoms with Crippen molar-refractivity contribution in [2.24, 2.45) is 0 Å². The molecule has 0 aromatic heterocycles. The van der Waals surface area contributed by atoms with Crippen LogP contribution in [0.4, 0.5) is 0 Å². The SMILES string of the molecule is O=C(O)COc1ccc2c(c1)OC(=O)CC2c1ccccc1. The van der Waals surface area contributed by atoms with Crippen LogP contribution in [0, 0.1) is 0 Å². The normalized spacial score (nSPS) is 16.5. The van der Waals surface area contributed by atoms with Crippen LogP contribution in [0.3, 0.4) is 0 Å². The molecule has 0 spiro atoms. The van der Waals surface area contributed by atoms with Crippen LogP contribution in [0.25, 0.3) is 0 Å². The number of hydrogen-bond donors (Lipinski definition) is 1. The maximum Gasteiger partial charge on any atom is 0.341 e. The van der Waals surface area contributed by atoms with E-state index in [2.05, 4.69) is 0 Å². The Morgan fingerprint density at radius 2 is 2.00 bits per heavy atom. The summed E-state index contributed by atoms with van der Waals surface area (Å²) in [5, 5.41) is 8.64. The van der Waals surface area contributed by atoms with E-state index < -0.39 is 12.6 Å². The fourth-order valence-corrected chi connectivity index (χ4v) is 2.55. The first-order valence-corrected chi connectivity index (χ1v) is 6.87. The van der Waals surface area contributed by atoms with Crippen LogP contribution in [-0.2, 0) is 9.59 Å². The van der Waals surface area contributed by atoms with E-state index in [-0.39, 0.29) is 18.3 Å². The average Bonchev–Trinajstić information content (AvgIpc) is 2.52. The van der Waals surface area contributed by atoms with Gasteiger partial charge in [-0.25, -0.2) is 4.79 Å². The molecule has 2 aromatic rings. The summed E-state index contributed by atoms with van der Waals surface area (Å²) in [7, 11) is 0. The number of carbonyl (C=O) groups excluding carboxylic acids is 1. The molecular weight excluding hydrogens is 284 g/mol. The largest absolute Gasteiger partial charge is 0.482 e. The van der Waals surface area contributed by atoms with Gasteiger partial charge in [0.2, 0.25) is 0 Å². The standard InChI is InChI=1S/C17H14O5/c18-16(19)10-21-12-6-7-13-14(11-4-2-1-3-5-11)9-17(20)22-15(13)8-12/h1-8,14H,9-10H2,(H,18,19). The van der Waals surface area contributed by atoms with E-state index in [0.717, 1.165) is 11.1 Å². The molecule has 1 heterocycles. The van der Waals surface area contributed by atoms with Crippen LogP contribution in [0.1, 0.15) is 23.5 Å². The first-order valence-electron chi connectivity index (χ1n) is 6.87. The highest BCUT2D eigenvalue weighted by Gasteiger charge is 2.28. The van der Waals surface area contributed by atoms with Crippen LogP contribution in [0.5, 0.6) is 11.5 Å². The second-order valence-electron chi connectivity index (χ2n) is 5.02. The molecule has 112 valence electrons. The molecule has 5 heteroatoms. The van der Waals surface area contributed by atoms with Crippen LogP contribution in [0.15, 0.2) is 48.5 Å². The molecule has 0 saturated heterocycles. The Hall–Kier alpha value is -2.82. The van der Waals surface area contributed by atoms with Crippen LogP contribution in [-0.4, -0.2) is 23.7 Å². The van der Waals surface area contributed by atoms with Crippen LogP contribution >= 0.6 is 0 Å². The number of hydrogen-bond acceptors (Lipinski definition) is 4. The molecule has 0 saturated carbocycles. The third kappa shape index (κ3) is 2.93. The number of aliphatic carboxylic acids is 1. The maximum absolute atomic E-state index is 11.8. The number of ether oxygens (including phenoxy) is 2. The van der Waals surface area contributed by atoms with Gasteiger partial charge in [0, 0.05) is 17.5 Å². The van der Waals surface area contributed by atoms with Crippen molar-refractivity contribution in [3.8, 4) is 11.5 Å². The summed E-state index contributed by atoms with van der Waals surface area (Å²) in [6.07, 6.45) is 0.284. The molecule has 0 aliphatic carbocycles. The van der Waals surface area contributed by atoms with Crippen LogP contribution < -0.4 is 9.47 Å². The number of esters is 1. The van der Waals surface area contributed by atoms with Crippen molar-refractivity contribution >= 4 is 11.9 Å². The van der Waals surface area contributed by atoms with Crippen molar-refractivity contribution in [2.45, 2.75) is 12.3 Å². The Kier molecular flexibility index (Phi) is 3.78. The van der Waals surface area contributed by atoms with Crippen LogP contribution in [0.2, 0.25) is 0 Å². The average molecular weight is 298 g/mol. The Morgan fingerprint density at radius 1 is 1.23 bits per heavy atom. The summed E-state index contributed by atoms with van der Waals surface area (Å²) in [6.45, 7) is -0.436. The lowest BCUT2D eigenvalue weighted by atomic mass is 9.86. The van der Waals surface area contributed by atoms with Gasteiger partial charge in [0.05, 0.1) is 6.42 Å². The maximum atomic E-state index is 11.8. The molecule has 0 bridgehead atoms. The third-order valence-corrected chi connectivity index (χ3v) is 3.52. The number of fused-ring (bicyclic) bond motifs is 1. The Bertz CT molecular complexity index is 708. The molecular formula is C17H14O5. The highest BCUT2D eigenvalue weighted by molar-refractivity contribution is 5.78. The fourth-order valence-electron chi connectivity index (χ4n) is 2.55. The first kappa shape index (κ1) is 14.1. The number of benzene rings is 2. The van der Waals surface area contributed by atoms with Crippen molar-refractivity contribution in [1.82, 2.24) is 0 Å². The lowest BCUT2D eigenvalue weighted by Gasteiger charge is -2.25. The molecule has 22 heavy (non-hydrogen) atoms. The molecule has 5 nitrogen and oxygen atoms in total. The molecule has 1 N–H and O–H groups in total. The predicted octanol–water partition coefficient (Wildman–Crippen LogP) is 2.59. The van der Waals surface area contributed by atoms with E-state index in [9.17, 15) is 9.59 Å². The first-order chi connectivity index (χ1) is 10.6. The van der Waals surface area contributed by atoms with E-state index in [1.54, 1.807) is 12.1 Å². The number of rotatable bonds is 4. The summed E-state index contributed by atoms with van der Waals surface area (Å²) >= 11 is 0. The van der Waals surface area contributed by atoms with Gasteiger partial charge < -0.3 is 14.6 Å². The molecule has 1 unspecified atom stereocenters. The highest BCUT2D eigenvalue weighted by atomic mass is 16.5. The fraction of sp³-hybridized carbons (Fsp3) is 0.176. The van der Waals surface area contributed by atoms with Gasteiger partial charge in [-0.3, -0.25) is 4.79 Å². The summed E-state index contributed by atoms with van der Waals surface area (Å²) in [5.41, 5.74) is 1.94. The van der Waals surface area contributed by atoms with E-state index in [0.29, 0.717) is 11.5 Å². The van der Waals surface area contributed by atoms with Crippen molar-refractivity contribution in [2.75, 3.05) is 6.61 Å². The Morgan fingerprint density at radius 3 is 2.73 bits per heavy atom. The Labute approximate surface area is 127 Å². The smallest absolute Gasteiger partial charge is 0.341 e. The monoisotopic (exact) mass is 298 g/mol. The van der Waals surface area contributed by atoms with E-state index >= 15 is 0 Å². The summed E-state index contributed by atoms with van der Waals surface area (Å²) < 4.78 is 10.4. The second kappa shape index (κ2) is 5.89. The minimum Gasteiger partial charge on any atom is -0.482 e. The summed E-state index contributed by atoms with van der Waals surface area (Å²) in [4.78, 5) is 22.4. The van der Waals surface area contributed by atoms with Crippen molar-refractivity contribution in [3.05, 3.63) is 59.7 Å². The quantitative estimate of drug-likeness (QED) is 0.694. The molecule has 1 aliphatic heterocycles. The van der Waals surface area contributed by atoms with Gasteiger partial charge in [0.25, 0.3) is 0 Å². The molecule has 3 rings (SSSR count). The second-order valence-corrected chi connectivity index (χ2v) is 5.02. The van der Waals surface area contributed by atoms with E-state index in [1.807, 2.05) is 36.4 Å². The summed E-state index contributed by atoms with van der Waals surface area (Å²) in [5.74, 6) is -0.643. The molecule has 1 atom stereocenters. The lowest BCUT2D eigenvalue weighted by molar-refractivity contribution is -0.139. The number of carbonyl (C=O) groups is 2. The number of carboxylic acids is 1. The van der Waals surface area contributed by atoms with Gasteiger partial charge >= 0.3 is 11.9 Å². The molecule has 1 aliphatic rings. The molecule has 0 radical (unpaired) electrons. The van der Waals surface area contributed by atoms with Gasteiger partial charge in [0.15, 0.2) is 6.61 Å². The van der Waals surface area contributed by atoms with Gasteiger partial charge in [-0.05, 0) is 11.6 Å². The minimum atomic E-state index is -1.06. The molecule has 0 amide bonds. The van der Waals surface area contributed by atoms with E-state index in [1.165, 1.54) is 0 Å². The Balaban J connectivity index is 1.93. The molecule has 2 aromatic carbocycles. The summed E-state index contributed by atoms with van der Waals surface area (Å²) in [6, 6.07) is 14.8. The van der Waals surface area contributed by atoms with E-state index in [4.69, 9.17) is 14.6 Å². The zero-order valence-corrected chi connectivity index (χ0v) is 11.7. The van der Waals surface area contributed by atoms with Crippen molar-refractivity contribution in [3.63, 3.8) is 0 Å². The van der Waals surface area contributed by atoms with Gasteiger partial charge in [-0.1, -0.05) is 36.4 Å². The molecule has 0 fully saturated rings. The highest BCUT2D eigenvalue weighted by Crippen LogP contribution is 2.40.